The summed E-state index contributed by atoms with van der Waals surface area (Å²) in [6, 6.07) is 13.5. The second-order valence-electron chi connectivity index (χ2n) is 5.32. The summed E-state index contributed by atoms with van der Waals surface area (Å²) >= 11 is 0. The average molecular weight is 290 g/mol. The first-order valence-corrected chi connectivity index (χ1v) is 7.15. The zero-order valence-electron chi connectivity index (χ0n) is 11.8. The molecule has 5 nitrogen and oxygen atoms in total. The number of hydrogen-bond donors (Lipinski definition) is 2. The molecular weight excluding hydrogens is 276 g/mol. The molecule has 0 saturated carbocycles. The van der Waals surface area contributed by atoms with Crippen molar-refractivity contribution >= 4 is 22.5 Å². The van der Waals surface area contributed by atoms with Crippen molar-refractivity contribution in [1.29, 1.82) is 0 Å². The molecular formula is C17H14N4O. The minimum Gasteiger partial charge on any atom is -0.322 e. The Morgan fingerprint density at radius 2 is 1.95 bits per heavy atom. The van der Waals surface area contributed by atoms with Gasteiger partial charge in [0.25, 0.3) is 5.91 Å². The maximum atomic E-state index is 12.5. The summed E-state index contributed by atoms with van der Waals surface area (Å²) in [7, 11) is 0. The number of fused-ring (bicyclic) bond motifs is 2. The molecule has 1 aromatic heterocycles. The monoisotopic (exact) mass is 290 g/mol. The van der Waals surface area contributed by atoms with Crippen molar-refractivity contribution in [3.05, 3.63) is 65.4 Å². The van der Waals surface area contributed by atoms with E-state index in [1.807, 2.05) is 42.5 Å². The van der Waals surface area contributed by atoms with Gasteiger partial charge >= 0.3 is 0 Å². The van der Waals surface area contributed by atoms with Gasteiger partial charge in [-0.3, -0.25) is 4.79 Å². The molecule has 0 saturated heterocycles. The van der Waals surface area contributed by atoms with E-state index in [4.69, 9.17) is 0 Å². The highest BCUT2D eigenvalue weighted by molar-refractivity contribution is 6.11. The van der Waals surface area contributed by atoms with Crippen LogP contribution in [0.3, 0.4) is 0 Å². The highest BCUT2D eigenvalue weighted by Gasteiger charge is 2.14. The topological polar surface area (TPSA) is 66.9 Å². The van der Waals surface area contributed by atoms with Gasteiger partial charge in [-0.1, -0.05) is 24.3 Å². The Hall–Kier alpha value is -2.79. The summed E-state index contributed by atoms with van der Waals surface area (Å²) in [4.78, 5) is 12.5. The number of rotatable bonds is 2. The third-order valence-corrected chi connectivity index (χ3v) is 3.89. The summed E-state index contributed by atoms with van der Waals surface area (Å²) in [5.41, 5.74) is 4.57. The SMILES string of the molecule is O=C(Nc1ccc2c(c1)CNC2)c1cnnc2ccccc12. The van der Waals surface area contributed by atoms with Crippen molar-refractivity contribution in [3.63, 3.8) is 0 Å². The smallest absolute Gasteiger partial charge is 0.257 e. The molecule has 2 N–H and O–H groups in total. The molecule has 0 atom stereocenters. The van der Waals surface area contributed by atoms with E-state index in [9.17, 15) is 4.79 Å². The van der Waals surface area contributed by atoms with Crippen molar-refractivity contribution in [2.75, 3.05) is 5.32 Å². The fourth-order valence-corrected chi connectivity index (χ4v) is 2.76. The lowest BCUT2D eigenvalue weighted by atomic mass is 10.1. The first-order chi connectivity index (χ1) is 10.8. The minimum atomic E-state index is -0.169. The van der Waals surface area contributed by atoms with Crippen molar-refractivity contribution in [2.24, 2.45) is 0 Å². The predicted molar refractivity (Wildman–Crippen MR) is 84.5 cm³/mol. The molecule has 0 bridgehead atoms. The van der Waals surface area contributed by atoms with Crippen LogP contribution in [0.15, 0.2) is 48.7 Å². The highest BCUT2D eigenvalue weighted by atomic mass is 16.1. The van der Waals surface area contributed by atoms with Crippen LogP contribution in [0.5, 0.6) is 0 Å². The summed E-state index contributed by atoms with van der Waals surface area (Å²) in [6.45, 7) is 1.74. The largest absolute Gasteiger partial charge is 0.322 e. The Bertz CT molecular complexity index is 870. The third-order valence-electron chi connectivity index (χ3n) is 3.89. The van der Waals surface area contributed by atoms with Crippen molar-refractivity contribution < 1.29 is 4.79 Å². The first-order valence-electron chi connectivity index (χ1n) is 7.15. The first kappa shape index (κ1) is 12.9. The minimum absolute atomic E-state index is 0.169. The zero-order chi connectivity index (χ0) is 14.9. The van der Waals surface area contributed by atoms with Gasteiger partial charge in [-0.05, 0) is 29.3 Å². The van der Waals surface area contributed by atoms with Crippen LogP contribution in [0.2, 0.25) is 0 Å². The van der Waals surface area contributed by atoms with Gasteiger partial charge < -0.3 is 10.6 Å². The molecule has 4 rings (SSSR count). The summed E-state index contributed by atoms with van der Waals surface area (Å²) in [5.74, 6) is -0.169. The fraction of sp³-hybridized carbons (Fsp3) is 0.118. The normalized spacial score (nSPS) is 13.1. The van der Waals surface area contributed by atoms with Crippen LogP contribution in [0, 0.1) is 0 Å². The zero-order valence-corrected chi connectivity index (χ0v) is 11.8. The van der Waals surface area contributed by atoms with Crippen LogP contribution in [-0.4, -0.2) is 16.1 Å². The van der Waals surface area contributed by atoms with Gasteiger partial charge in [-0.2, -0.15) is 10.2 Å². The van der Waals surface area contributed by atoms with Crippen molar-refractivity contribution in [1.82, 2.24) is 15.5 Å². The maximum absolute atomic E-state index is 12.5. The predicted octanol–water partition coefficient (Wildman–Crippen LogP) is 2.49. The summed E-state index contributed by atoms with van der Waals surface area (Å²) in [6.07, 6.45) is 1.51. The number of anilines is 1. The average Bonchev–Trinajstić information content (AvgIpc) is 3.02. The number of nitrogens with one attached hydrogen (secondary N) is 2. The lowest BCUT2D eigenvalue weighted by molar-refractivity contribution is 0.102. The van der Waals surface area contributed by atoms with E-state index in [1.54, 1.807) is 0 Å². The Morgan fingerprint density at radius 3 is 2.91 bits per heavy atom. The molecule has 0 unspecified atom stereocenters. The Labute approximate surface area is 127 Å². The van der Waals surface area contributed by atoms with E-state index >= 15 is 0 Å². The van der Waals surface area contributed by atoms with Crippen molar-refractivity contribution in [2.45, 2.75) is 13.1 Å². The number of amides is 1. The molecule has 2 heterocycles. The van der Waals surface area contributed by atoms with Gasteiger partial charge in [0, 0.05) is 24.2 Å². The van der Waals surface area contributed by atoms with Crippen LogP contribution < -0.4 is 10.6 Å². The summed E-state index contributed by atoms with van der Waals surface area (Å²) in [5, 5.41) is 15.0. The van der Waals surface area contributed by atoms with E-state index in [0.717, 1.165) is 24.2 Å². The molecule has 0 spiro atoms. The van der Waals surface area contributed by atoms with Gasteiger partial charge in [0.15, 0.2) is 0 Å². The molecule has 5 heteroatoms. The van der Waals surface area contributed by atoms with Crippen LogP contribution in [0.25, 0.3) is 10.9 Å². The van der Waals surface area contributed by atoms with E-state index < -0.39 is 0 Å². The molecule has 1 aliphatic heterocycles. The standard InChI is InChI=1S/C17H14N4O/c22-17(15-10-19-21-16-4-2-1-3-14(15)16)20-13-6-5-11-8-18-9-12(11)7-13/h1-7,10,18H,8-9H2,(H,20,22). The van der Waals surface area contributed by atoms with Gasteiger partial charge in [0.05, 0.1) is 17.3 Å². The van der Waals surface area contributed by atoms with E-state index in [-0.39, 0.29) is 5.91 Å². The van der Waals surface area contributed by atoms with Crippen LogP contribution in [0.4, 0.5) is 5.69 Å². The van der Waals surface area contributed by atoms with Crippen molar-refractivity contribution in [3.8, 4) is 0 Å². The molecule has 1 aliphatic rings. The Balaban J connectivity index is 1.66. The maximum Gasteiger partial charge on any atom is 0.257 e. The van der Waals surface area contributed by atoms with Crippen LogP contribution in [-0.2, 0) is 13.1 Å². The number of nitrogens with zero attached hydrogens (tertiary/aromatic N) is 2. The van der Waals surface area contributed by atoms with E-state index in [0.29, 0.717) is 11.1 Å². The number of benzene rings is 2. The molecule has 2 aromatic carbocycles. The highest BCUT2D eigenvalue weighted by Crippen LogP contribution is 2.21. The second-order valence-corrected chi connectivity index (χ2v) is 5.32. The van der Waals surface area contributed by atoms with Crippen LogP contribution >= 0.6 is 0 Å². The van der Waals surface area contributed by atoms with Gasteiger partial charge in [0.1, 0.15) is 0 Å². The Morgan fingerprint density at radius 1 is 1.09 bits per heavy atom. The molecule has 0 radical (unpaired) electrons. The molecule has 22 heavy (non-hydrogen) atoms. The second kappa shape index (κ2) is 5.20. The summed E-state index contributed by atoms with van der Waals surface area (Å²) < 4.78 is 0. The molecule has 0 fully saturated rings. The Kier molecular flexibility index (Phi) is 3.05. The van der Waals surface area contributed by atoms with E-state index in [2.05, 4.69) is 20.8 Å². The van der Waals surface area contributed by atoms with Gasteiger partial charge in [0.2, 0.25) is 0 Å². The molecule has 3 aromatic rings. The number of carbonyl (C=O) groups is 1. The van der Waals surface area contributed by atoms with Gasteiger partial charge in [-0.15, -0.1) is 0 Å². The fourth-order valence-electron chi connectivity index (χ4n) is 2.76. The number of aromatic nitrogens is 2. The number of carbonyl (C=O) groups excluding carboxylic acids is 1. The molecule has 108 valence electrons. The lowest BCUT2D eigenvalue weighted by Gasteiger charge is -2.08. The molecule has 0 aliphatic carbocycles. The lowest BCUT2D eigenvalue weighted by Crippen LogP contribution is -2.13. The molecule has 1 amide bonds. The third kappa shape index (κ3) is 2.21. The quantitative estimate of drug-likeness (QED) is 0.761. The number of hydrogen-bond acceptors (Lipinski definition) is 4. The van der Waals surface area contributed by atoms with E-state index in [1.165, 1.54) is 17.3 Å². The van der Waals surface area contributed by atoms with Gasteiger partial charge in [-0.25, -0.2) is 0 Å². The van der Waals surface area contributed by atoms with Crippen LogP contribution in [0.1, 0.15) is 21.5 Å².